The third-order valence-electron chi connectivity index (χ3n) is 17.1. The number of phosphoric acid groups is 1. The summed E-state index contributed by atoms with van der Waals surface area (Å²) < 4.78 is 30.5. The van der Waals surface area contributed by atoms with Crippen LogP contribution in [0.3, 0.4) is 0 Å². The number of ether oxygens (including phenoxy) is 1. The summed E-state index contributed by atoms with van der Waals surface area (Å²) in [5.41, 5.74) is 0. The molecule has 0 spiro atoms. The van der Waals surface area contributed by atoms with E-state index in [1.165, 1.54) is 244 Å². The van der Waals surface area contributed by atoms with Gasteiger partial charge >= 0.3 is 5.97 Å². The molecule has 0 aromatic rings. The zero-order chi connectivity index (χ0) is 64.9. The molecular formula is C79H147N2O7P. The van der Waals surface area contributed by atoms with Crippen molar-refractivity contribution in [2.24, 2.45) is 0 Å². The molecule has 520 valence electrons. The Hall–Kier alpha value is -2.55. The fourth-order valence-electron chi connectivity index (χ4n) is 11.2. The summed E-state index contributed by atoms with van der Waals surface area (Å²) in [5.74, 6) is -0.539. The average molecular weight is 1270 g/mol. The highest BCUT2D eigenvalue weighted by molar-refractivity contribution is 7.45. The average Bonchev–Trinajstić information content (AvgIpc) is 3.64. The van der Waals surface area contributed by atoms with Gasteiger partial charge < -0.3 is 28.5 Å². The van der Waals surface area contributed by atoms with Crippen LogP contribution < -0.4 is 10.2 Å². The standard InChI is InChI=1S/C79H147N2O7P/c1-7-10-13-16-19-22-25-28-30-32-34-36-38-39-40-41-43-45-47-49-51-54-57-60-63-66-69-72-79(83)88-77(70-67-64-61-58-55-52-27-24-21-18-15-12-9-3)76(75-87-89(84,85)86-74-73-81(4,5)6)80-78(82)71-68-65-62-59-56-53-50-48-46-44-42-37-35-33-31-29-26-23-20-17-14-11-8-2/h20,23,28-31,35,37,44,46,67,70,76-77H,7-19,21-22,24-27,32-34,36,38-43,45,47-66,68-69,71-75H2,1-6H3,(H-,80,82,84,85)/b23-20-,30-28+,31-29-,37-35-,46-44-,70-67+. The first-order valence-corrected chi connectivity index (χ1v) is 39.7. The number of carbonyl (C=O) groups is 2. The second-order valence-electron chi connectivity index (χ2n) is 27.1. The van der Waals surface area contributed by atoms with E-state index in [9.17, 15) is 19.0 Å². The first-order chi connectivity index (χ1) is 43.4. The number of carbonyl (C=O) groups excluding carboxylic acids is 2. The minimum atomic E-state index is -4.71. The van der Waals surface area contributed by atoms with Gasteiger partial charge in [-0.3, -0.25) is 14.2 Å². The molecule has 0 rings (SSSR count). The molecule has 1 amide bonds. The van der Waals surface area contributed by atoms with E-state index >= 15 is 0 Å². The van der Waals surface area contributed by atoms with Gasteiger partial charge in [0.1, 0.15) is 19.3 Å². The van der Waals surface area contributed by atoms with Crippen molar-refractivity contribution in [1.82, 2.24) is 5.32 Å². The topological polar surface area (TPSA) is 114 Å². The van der Waals surface area contributed by atoms with Crippen LogP contribution in [0.4, 0.5) is 0 Å². The summed E-state index contributed by atoms with van der Waals surface area (Å²) in [7, 11) is 1.18. The summed E-state index contributed by atoms with van der Waals surface area (Å²) in [4.78, 5) is 40.3. The van der Waals surface area contributed by atoms with E-state index in [1.54, 1.807) is 0 Å². The number of unbranched alkanes of at least 4 members (excludes halogenated alkanes) is 44. The fraction of sp³-hybridized carbons (Fsp3) is 0.823. The molecule has 89 heavy (non-hydrogen) atoms. The number of nitrogens with one attached hydrogen (secondary N) is 1. The monoisotopic (exact) mass is 1270 g/mol. The molecule has 0 fully saturated rings. The van der Waals surface area contributed by atoms with Gasteiger partial charge in [-0.25, -0.2) is 0 Å². The largest absolute Gasteiger partial charge is 0.756 e. The van der Waals surface area contributed by atoms with Crippen LogP contribution in [0, 0.1) is 0 Å². The number of hydrogen-bond donors (Lipinski definition) is 1. The van der Waals surface area contributed by atoms with Crippen LogP contribution >= 0.6 is 7.82 Å². The minimum absolute atomic E-state index is 0.0253. The Labute approximate surface area is 553 Å². The summed E-state index contributed by atoms with van der Waals surface area (Å²) in [6.07, 6.45) is 90.3. The maximum Gasteiger partial charge on any atom is 0.306 e. The Morgan fingerprint density at radius 3 is 1.06 bits per heavy atom. The Balaban J connectivity index is 5.02. The molecule has 0 aromatic heterocycles. The minimum Gasteiger partial charge on any atom is -0.756 e. The van der Waals surface area contributed by atoms with E-state index in [-0.39, 0.29) is 24.9 Å². The maximum atomic E-state index is 13.6. The summed E-state index contributed by atoms with van der Waals surface area (Å²) >= 11 is 0. The SMILES string of the molecule is CCCCC/C=C\C/C=C\C/C=C\C/C=C\CCCCCCCCCC(=O)NC(COP(=O)([O-])OCC[N+](C)(C)C)C(/C=C/CCCCCCCCCCCCC)OC(=O)CCCCCCCCCCCCCCCCCCC/C=C/CCCCCCCC. The molecule has 0 aliphatic heterocycles. The van der Waals surface area contributed by atoms with Gasteiger partial charge in [0.15, 0.2) is 0 Å². The molecule has 0 aliphatic carbocycles. The predicted molar refractivity (Wildman–Crippen MR) is 385 cm³/mol. The highest BCUT2D eigenvalue weighted by atomic mass is 31.2. The molecule has 10 heteroatoms. The molecule has 0 saturated heterocycles. The molecule has 0 saturated carbocycles. The maximum absolute atomic E-state index is 13.6. The van der Waals surface area contributed by atoms with Crippen molar-refractivity contribution in [2.45, 2.75) is 380 Å². The van der Waals surface area contributed by atoms with E-state index in [4.69, 9.17) is 13.8 Å². The van der Waals surface area contributed by atoms with Crippen LogP contribution in [0.15, 0.2) is 72.9 Å². The highest BCUT2D eigenvalue weighted by Gasteiger charge is 2.27. The quantitative estimate of drug-likeness (QED) is 0.0212. The molecule has 1 N–H and O–H groups in total. The normalized spacial score (nSPS) is 13.8. The molecule has 3 atom stereocenters. The molecule has 3 unspecified atom stereocenters. The fourth-order valence-corrected chi connectivity index (χ4v) is 11.9. The first kappa shape index (κ1) is 86.5. The van der Waals surface area contributed by atoms with E-state index in [0.29, 0.717) is 17.4 Å². The Morgan fingerprint density at radius 1 is 0.393 bits per heavy atom. The molecule has 0 bridgehead atoms. The lowest BCUT2D eigenvalue weighted by Crippen LogP contribution is -2.47. The predicted octanol–water partition coefficient (Wildman–Crippen LogP) is 24.1. The summed E-state index contributed by atoms with van der Waals surface area (Å²) in [5, 5.41) is 3.05. The van der Waals surface area contributed by atoms with Crippen LogP contribution in [0.5, 0.6) is 0 Å². The van der Waals surface area contributed by atoms with Gasteiger partial charge in [0, 0.05) is 12.8 Å². The highest BCUT2D eigenvalue weighted by Crippen LogP contribution is 2.38. The second-order valence-corrected chi connectivity index (χ2v) is 28.6. The Kier molecular flexibility index (Phi) is 66.4. The summed E-state index contributed by atoms with van der Waals surface area (Å²) in [6, 6.07) is -0.897. The smallest absolute Gasteiger partial charge is 0.306 e. The van der Waals surface area contributed by atoms with Gasteiger partial charge in [-0.2, -0.15) is 0 Å². The van der Waals surface area contributed by atoms with Gasteiger partial charge in [0.2, 0.25) is 5.91 Å². The Bertz CT molecular complexity index is 1750. The third kappa shape index (κ3) is 69.6. The number of rotatable bonds is 70. The van der Waals surface area contributed by atoms with Gasteiger partial charge in [-0.1, -0.05) is 325 Å². The van der Waals surface area contributed by atoms with Crippen molar-refractivity contribution < 1.29 is 37.3 Å². The number of allylic oxidation sites excluding steroid dienone is 11. The third-order valence-corrected chi connectivity index (χ3v) is 18.1. The first-order valence-electron chi connectivity index (χ1n) is 38.2. The van der Waals surface area contributed by atoms with Crippen molar-refractivity contribution >= 4 is 19.7 Å². The second kappa shape index (κ2) is 68.3. The van der Waals surface area contributed by atoms with E-state index in [0.717, 1.165) is 89.9 Å². The molecule has 0 heterocycles. The van der Waals surface area contributed by atoms with E-state index < -0.39 is 26.6 Å². The van der Waals surface area contributed by atoms with Crippen LogP contribution in [0.1, 0.15) is 367 Å². The van der Waals surface area contributed by atoms with Gasteiger partial charge in [0.25, 0.3) is 7.82 Å². The van der Waals surface area contributed by atoms with Gasteiger partial charge in [-0.15, -0.1) is 0 Å². The molecule has 9 nitrogen and oxygen atoms in total. The molecular weight excluding hydrogens is 1120 g/mol. The van der Waals surface area contributed by atoms with Crippen LogP contribution in [-0.2, 0) is 27.9 Å². The van der Waals surface area contributed by atoms with Crippen LogP contribution in [0.25, 0.3) is 0 Å². The molecule has 0 aliphatic rings. The van der Waals surface area contributed by atoms with Crippen molar-refractivity contribution in [3.05, 3.63) is 72.9 Å². The van der Waals surface area contributed by atoms with E-state index in [1.807, 2.05) is 33.3 Å². The zero-order valence-electron chi connectivity index (χ0n) is 59.6. The molecule has 0 radical (unpaired) electrons. The van der Waals surface area contributed by atoms with E-state index in [2.05, 4.69) is 86.8 Å². The van der Waals surface area contributed by atoms with Crippen molar-refractivity contribution in [3.8, 4) is 0 Å². The zero-order valence-corrected chi connectivity index (χ0v) is 60.5. The lowest BCUT2D eigenvalue weighted by molar-refractivity contribution is -0.870. The van der Waals surface area contributed by atoms with Gasteiger partial charge in [-0.05, 0) is 102 Å². The number of quaternary nitrogens is 1. The lowest BCUT2D eigenvalue weighted by Gasteiger charge is -2.30. The van der Waals surface area contributed by atoms with Crippen LogP contribution in [-0.4, -0.2) is 69.4 Å². The van der Waals surface area contributed by atoms with Crippen molar-refractivity contribution in [2.75, 3.05) is 40.9 Å². The van der Waals surface area contributed by atoms with Crippen LogP contribution in [0.2, 0.25) is 0 Å². The number of nitrogens with zero attached hydrogens (tertiary/aromatic N) is 1. The number of phosphoric ester groups is 1. The number of likely N-dealkylation sites (N-methyl/N-ethyl adjacent to an activating group) is 1. The lowest BCUT2D eigenvalue weighted by atomic mass is 10.0. The number of esters is 1. The van der Waals surface area contributed by atoms with Crippen molar-refractivity contribution in [1.29, 1.82) is 0 Å². The Morgan fingerprint density at radius 2 is 0.685 bits per heavy atom. The molecule has 0 aromatic carbocycles. The summed E-state index contributed by atoms with van der Waals surface area (Å²) in [6.45, 7) is 6.85. The number of amides is 1. The van der Waals surface area contributed by atoms with Gasteiger partial charge in [0.05, 0.1) is 33.8 Å². The van der Waals surface area contributed by atoms with Crippen molar-refractivity contribution in [3.63, 3.8) is 0 Å². The number of hydrogen-bond acceptors (Lipinski definition) is 7.